The summed E-state index contributed by atoms with van der Waals surface area (Å²) in [6.07, 6.45) is 0. The van der Waals surface area contributed by atoms with Crippen molar-refractivity contribution in [2.45, 2.75) is 0 Å². The van der Waals surface area contributed by atoms with Crippen molar-refractivity contribution in [1.82, 2.24) is 9.80 Å². The van der Waals surface area contributed by atoms with Crippen molar-refractivity contribution in [3.05, 3.63) is 72.8 Å². The molecule has 5 rings (SSSR count). The van der Waals surface area contributed by atoms with Crippen LogP contribution in [0.4, 0.5) is 32.3 Å². The zero-order valence-electron chi connectivity index (χ0n) is 23.0. The fourth-order valence-corrected chi connectivity index (χ4v) is 5.12. The maximum absolute atomic E-state index is 12.9. The minimum Gasteiger partial charge on any atom is -0.495 e. The van der Waals surface area contributed by atoms with E-state index in [1.165, 1.54) is 0 Å². The molecule has 0 spiro atoms. The Bertz CT molecular complexity index is 1200. The van der Waals surface area contributed by atoms with Crippen LogP contribution in [0.5, 0.6) is 11.5 Å². The molecule has 3 aromatic carbocycles. The zero-order valence-corrected chi connectivity index (χ0v) is 23.0. The molecule has 0 radical (unpaired) electrons. The summed E-state index contributed by atoms with van der Waals surface area (Å²) in [6.45, 7) is 5.37. The second kappa shape index (κ2) is 12.5. The van der Waals surface area contributed by atoms with E-state index in [1.54, 1.807) is 38.5 Å². The summed E-state index contributed by atoms with van der Waals surface area (Å²) in [6, 6.07) is 22.8. The molecule has 4 amide bonds. The molecular weight excluding hydrogens is 508 g/mol. The smallest absolute Gasteiger partial charge is 0.321 e. The van der Waals surface area contributed by atoms with E-state index >= 15 is 0 Å². The van der Waals surface area contributed by atoms with Crippen LogP contribution in [-0.4, -0.2) is 88.4 Å². The van der Waals surface area contributed by atoms with Gasteiger partial charge in [0.25, 0.3) is 0 Å². The quantitative estimate of drug-likeness (QED) is 0.478. The Hall–Kier alpha value is -4.60. The second-order valence-corrected chi connectivity index (χ2v) is 9.73. The third-order valence-electron chi connectivity index (χ3n) is 7.37. The number of piperazine rings is 2. The van der Waals surface area contributed by atoms with E-state index in [-0.39, 0.29) is 12.1 Å². The molecule has 210 valence electrons. The number of amides is 4. The Labute approximate surface area is 235 Å². The number of rotatable bonds is 6. The second-order valence-electron chi connectivity index (χ2n) is 9.73. The summed E-state index contributed by atoms with van der Waals surface area (Å²) in [4.78, 5) is 33.8. The molecule has 10 heteroatoms. The van der Waals surface area contributed by atoms with Gasteiger partial charge in [0.2, 0.25) is 0 Å². The minimum absolute atomic E-state index is 0.135. The number of hydrogen-bond donors (Lipinski definition) is 2. The van der Waals surface area contributed by atoms with Crippen LogP contribution in [0.15, 0.2) is 72.8 Å². The molecular formula is C30H36N6O4. The first-order chi connectivity index (χ1) is 19.6. The molecule has 0 unspecified atom stereocenters. The van der Waals surface area contributed by atoms with Crippen molar-refractivity contribution >= 4 is 34.8 Å². The molecule has 2 aliphatic heterocycles. The summed E-state index contributed by atoms with van der Waals surface area (Å²) in [5.41, 5.74) is 3.45. The zero-order chi connectivity index (χ0) is 27.9. The molecule has 3 aromatic rings. The first-order valence-electron chi connectivity index (χ1n) is 13.5. The van der Waals surface area contributed by atoms with Crippen molar-refractivity contribution in [3.8, 4) is 11.5 Å². The van der Waals surface area contributed by atoms with Gasteiger partial charge in [-0.3, -0.25) is 0 Å². The molecule has 2 heterocycles. The fraction of sp³-hybridized carbons (Fsp3) is 0.333. The van der Waals surface area contributed by atoms with Gasteiger partial charge in [0.05, 0.1) is 25.6 Å². The van der Waals surface area contributed by atoms with E-state index in [4.69, 9.17) is 9.47 Å². The lowest BCUT2D eigenvalue weighted by atomic mass is 10.2. The number of anilines is 4. The molecule has 2 aliphatic rings. The maximum atomic E-state index is 12.9. The molecule has 10 nitrogen and oxygen atoms in total. The van der Waals surface area contributed by atoms with Gasteiger partial charge < -0.3 is 39.7 Å². The number of nitrogens with zero attached hydrogens (tertiary/aromatic N) is 4. The number of methoxy groups -OCH3 is 2. The molecule has 0 aromatic heterocycles. The van der Waals surface area contributed by atoms with E-state index in [0.717, 1.165) is 49.1 Å². The third kappa shape index (κ3) is 6.17. The van der Waals surface area contributed by atoms with Gasteiger partial charge in [0, 0.05) is 63.7 Å². The molecule has 2 fully saturated rings. The van der Waals surface area contributed by atoms with Gasteiger partial charge in [-0.1, -0.05) is 24.3 Å². The monoisotopic (exact) mass is 544 g/mol. The highest BCUT2D eigenvalue weighted by Crippen LogP contribution is 2.29. The summed E-state index contributed by atoms with van der Waals surface area (Å²) in [5, 5.41) is 5.93. The number of carbonyl (C=O) groups is 2. The normalized spacial score (nSPS) is 15.4. The average Bonchev–Trinajstić information content (AvgIpc) is 3.02. The SMILES string of the molecule is COc1ccccc1N1CCN(C(=O)Nc2ccc(NC(=O)N3CCN(c4ccccc4OC)CC3)cc2)CC1. The van der Waals surface area contributed by atoms with Gasteiger partial charge in [-0.05, 0) is 48.5 Å². The number of ether oxygens (including phenoxy) is 2. The fourth-order valence-electron chi connectivity index (χ4n) is 5.12. The number of hydrogen-bond acceptors (Lipinski definition) is 6. The summed E-state index contributed by atoms with van der Waals surface area (Å²) < 4.78 is 11.0. The van der Waals surface area contributed by atoms with E-state index in [9.17, 15) is 9.59 Å². The number of para-hydroxylation sites is 4. The van der Waals surface area contributed by atoms with Crippen LogP contribution in [0.2, 0.25) is 0 Å². The largest absolute Gasteiger partial charge is 0.495 e. The van der Waals surface area contributed by atoms with Crippen LogP contribution in [0.25, 0.3) is 0 Å². The number of nitrogens with one attached hydrogen (secondary N) is 2. The van der Waals surface area contributed by atoms with E-state index in [1.807, 2.05) is 58.3 Å². The number of carbonyl (C=O) groups excluding carboxylic acids is 2. The number of urea groups is 2. The Morgan fingerprint density at radius 2 is 0.900 bits per heavy atom. The summed E-state index contributed by atoms with van der Waals surface area (Å²) in [5.74, 6) is 1.67. The Kier molecular flexibility index (Phi) is 8.44. The predicted molar refractivity (Wildman–Crippen MR) is 158 cm³/mol. The highest BCUT2D eigenvalue weighted by atomic mass is 16.5. The molecule has 2 saturated heterocycles. The molecule has 0 bridgehead atoms. The van der Waals surface area contributed by atoms with E-state index in [0.29, 0.717) is 37.6 Å². The minimum atomic E-state index is -0.135. The Balaban J connectivity index is 1.08. The molecule has 40 heavy (non-hydrogen) atoms. The Morgan fingerprint density at radius 3 is 1.25 bits per heavy atom. The summed E-state index contributed by atoms with van der Waals surface area (Å²) in [7, 11) is 3.34. The van der Waals surface area contributed by atoms with Gasteiger partial charge in [0.1, 0.15) is 11.5 Å². The maximum Gasteiger partial charge on any atom is 0.321 e. The highest BCUT2D eigenvalue weighted by molar-refractivity contribution is 5.92. The van der Waals surface area contributed by atoms with Crippen LogP contribution in [0.3, 0.4) is 0 Å². The van der Waals surface area contributed by atoms with E-state index in [2.05, 4.69) is 20.4 Å². The van der Waals surface area contributed by atoms with Gasteiger partial charge >= 0.3 is 12.1 Å². The molecule has 0 aliphatic carbocycles. The lowest BCUT2D eigenvalue weighted by molar-refractivity contribution is 0.207. The van der Waals surface area contributed by atoms with Crippen molar-refractivity contribution in [3.63, 3.8) is 0 Å². The van der Waals surface area contributed by atoms with Crippen LogP contribution in [-0.2, 0) is 0 Å². The first-order valence-corrected chi connectivity index (χ1v) is 13.5. The average molecular weight is 545 g/mol. The topological polar surface area (TPSA) is 89.6 Å². The lowest BCUT2D eigenvalue weighted by Crippen LogP contribution is -2.50. The molecule has 2 N–H and O–H groups in total. The van der Waals surface area contributed by atoms with Crippen LogP contribution in [0, 0.1) is 0 Å². The van der Waals surface area contributed by atoms with Crippen molar-refractivity contribution in [1.29, 1.82) is 0 Å². The summed E-state index contributed by atoms with van der Waals surface area (Å²) >= 11 is 0. The molecule has 0 saturated carbocycles. The lowest BCUT2D eigenvalue weighted by Gasteiger charge is -2.36. The molecule has 0 atom stereocenters. The predicted octanol–water partition coefficient (Wildman–Crippen LogP) is 4.41. The Morgan fingerprint density at radius 1 is 0.550 bits per heavy atom. The van der Waals surface area contributed by atoms with Crippen molar-refractivity contribution in [2.24, 2.45) is 0 Å². The van der Waals surface area contributed by atoms with Crippen molar-refractivity contribution in [2.75, 3.05) is 87.0 Å². The van der Waals surface area contributed by atoms with Gasteiger partial charge in [-0.2, -0.15) is 0 Å². The first kappa shape index (κ1) is 27.0. The third-order valence-corrected chi connectivity index (χ3v) is 7.37. The number of benzene rings is 3. The van der Waals surface area contributed by atoms with Crippen LogP contribution >= 0.6 is 0 Å². The van der Waals surface area contributed by atoms with Gasteiger partial charge in [-0.25, -0.2) is 9.59 Å². The van der Waals surface area contributed by atoms with Gasteiger partial charge in [-0.15, -0.1) is 0 Å². The van der Waals surface area contributed by atoms with Gasteiger partial charge in [0.15, 0.2) is 0 Å². The van der Waals surface area contributed by atoms with Crippen LogP contribution < -0.4 is 29.9 Å². The van der Waals surface area contributed by atoms with Crippen LogP contribution in [0.1, 0.15) is 0 Å². The van der Waals surface area contributed by atoms with Crippen molar-refractivity contribution < 1.29 is 19.1 Å². The standard InChI is InChI=1S/C30H36N6O4/c1-39-27-9-5-3-7-25(27)33-15-19-35(20-16-33)29(37)31-23-11-13-24(14-12-23)32-30(38)36-21-17-34(18-22-36)26-8-4-6-10-28(26)40-2/h3-14H,15-22H2,1-2H3,(H,31,37)(H,32,38). The van der Waals surface area contributed by atoms with E-state index < -0.39 is 0 Å². The highest BCUT2D eigenvalue weighted by Gasteiger charge is 2.24.